The van der Waals surface area contributed by atoms with Gasteiger partial charge in [-0.3, -0.25) is 4.79 Å². The molecule has 2 heterocycles. The van der Waals surface area contributed by atoms with Crippen LogP contribution in [0, 0.1) is 6.92 Å². The van der Waals surface area contributed by atoms with Crippen LogP contribution in [0.5, 0.6) is 0 Å². The lowest BCUT2D eigenvalue weighted by atomic mass is 10.2. The molecule has 0 spiro atoms. The number of H-pyrrole nitrogens is 1. The second kappa shape index (κ2) is 4.67. The summed E-state index contributed by atoms with van der Waals surface area (Å²) in [7, 11) is 0. The maximum absolute atomic E-state index is 11.7. The van der Waals surface area contributed by atoms with Gasteiger partial charge in [0.15, 0.2) is 5.01 Å². The number of nitrogens with zero attached hydrogens (tertiary/aromatic N) is 2. The van der Waals surface area contributed by atoms with Crippen LogP contribution in [-0.4, -0.2) is 21.2 Å². The van der Waals surface area contributed by atoms with Gasteiger partial charge in [0.1, 0.15) is 0 Å². The van der Waals surface area contributed by atoms with Crippen molar-refractivity contribution in [1.82, 2.24) is 15.2 Å². The Balaban J connectivity index is 2.34. The van der Waals surface area contributed by atoms with E-state index in [-0.39, 0.29) is 5.56 Å². The number of hydrogen-bond donors (Lipinski definition) is 2. The molecule has 0 atom stereocenters. The van der Waals surface area contributed by atoms with E-state index >= 15 is 0 Å². The van der Waals surface area contributed by atoms with Crippen molar-refractivity contribution < 1.29 is 0 Å². The molecular formula is C11H14N4OS. The van der Waals surface area contributed by atoms with Crippen molar-refractivity contribution in [2.45, 2.75) is 26.8 Å². The highest BCUT2D eigenvalue weighted by molar-refractivity contribution is 7.18. The van der Waals surface area contributed by atoms with E-state index in [1.807, 2.05) is 26.8 Å². The molecule has 6 heteroatoms. The Hall–Kier alpha value is -1.69. The minimum absolute atomic E-state index is 0.128. The average molecular weight is 250 g/mol. The predicted octanol–water partition coefficient (Wildman–Crippen LogP) is 2.02. The topological polar surface area (TPSA) is 70.7 Å². The van der Waals surface area contributed by atoms with Crippen LogP contribution in [0.15, 0.2) is 16.9 Å². The van der Waals surface area contributed by atoms with Crippen molar-refractivity contribution in [3.63, 3.8) is 0 Å². The van der Waals surface area contributed by atoms with Gasteiger partial charge in [0.25, 0.3) is 5.56 Å². The summed E-state index contributed by atoms with van der Waals surface area (Å²) < 4.78 is 0. The quantitative estimate of drug-likeness (QED) is 0.874. The number of aromatic nitrogens is 3. The molecule has 0 aliphatic carbocycles. The molecule has 0 saturated carbocycles. The van der Waals surface area contributed by atoms with E-state index in [4.69, 9.17) is 0 Å². The lowest BCUT2D eigenvalue weighted by Gasteiger charge is -2.03. The third kappa shape index (κ3) is 2.71. The van der Waals surface area contributed by atoms with Gasteiger partial charge in [0.05, 0.1) is 5.56 Å². The monoisotopic (exact) mass is 250 g/mol. The van der Waals surface area contributed by atoms with Crippen LogP contribution in [0.1, 0.15) is 19.5 Å². The van der Waals surface area contributed by atoms with E-state index in [0.717, 1.165) is 10.8 Å². The summed E-state index contributed by atoms with van der Waals surface area (Å²) in [6.07, 6.45) is 0. The molecule has 90 valence electrons. The van der Waals surface area contributed by atoms with Gasteiger partial charge in [-0.2, -0.15) is 0 Å². The van der Waals surface area contributed by atoms with Crippen LogP contribution in [0.2, 0.25) is 0 Å². The van der Waals surface area contributed by atoms with Gasteiger partial charge in [-0.1, -0.05) is 11.3 Å². The van der Waals surface area contributed by atoms with E-state index in [1.54, 1.807) is 6.07 Å². The number of nitrogens with one attached hydrogen (secondary N) is 2. The first-order chi connectivity index (χ1) is 8.06. The summed E-state index contributed by atoms with van der Waals surface area (Å²) in [4.78, 5) is 14.5. The maximum atomic E-state index is 11.7. The van der Waals surface area contributed by atoms with Gasteiger partial charge >= 0.3 is 0 Å². The molecule has 2 N–H and O–H groups in total. The molecule has 0 radical (unpaired) electrons. The molecular weight excluding hydrogens is 236 g/mol. The molecule has 5 nitrogen and oxygen atoms in total. The van der Waals surface area contributed by atoms with Crippen molar-refractivity contribution in [3.05, 3.63) is 28.2 Å². The fourth-order valence-electron chi connectivity index (χ4n) is 1.38. The summed E-state index contributed by atoms with van der Waals surface area (Å²) >= 11 is 1.38. The largest absolute Gasteiger partial charge is 0.358 e. The van der Waals surface area contributed by atoms with E-state index < -0.39 is 0 Å². The molecule has 17 heavy (non-hydrogen) atoms. The highest BCUT2D eigenvalue weighted by atomic mass is 32.1. The van der Waals surface area contributed by atoms with E-state index in [1.165, 1.54) is 11.3 Å². The van der Waals surface area contributed by atoms with E-state index in [2.05, 4.69) is 20.5 Å². The third-order valence-corrected chi connectivity index (χ3v) is 3.01. The Morgan fingerprint density at radius 3 is 2.76 bits per heavy atom. The molecule has 2 aromatic rings. The summed E-state index contributed by atoms with van der Waals surface area (Å²) in [6.45, 7) is 5.90. The van der Waals surface area contributed by atoms with Crippen molar-refractivity contribution in [1.29, 1.82) is 0 Å². The van der Waals surface area contributed by atoms with Gasteiger partial charge in [0, 0.05) is 11.7 Å². The van der Waals surface area contributed by atoms with Crippen LogP contribution in [0.4, 0.5) is 5.13 Å². The lowest BCUT2D eigenvalue weighted by Crippen LogP contribution is -2.09. The minimum atomic E-state index is -0.128. The summed E-state index contributed by atoms with van der Waals surface area (Å²) in [5.41, 5.74) is 1.27. The molecule has 0 aliphatic heterocycles. The van der Waals surface area contributed by atoms with E-state index in [9.17, 15) is 4.79 Å². The number of rotatable bonds is 3. The Labute approximate surface area is 103 Å². The van der Waals surface area contributed by atoms with Crippen molar-refractivity contribution in [2.75, 3.05) is 5.32 Å². The molecule has 0 saturated heterocycles. The second-order valence-electron chi connectivity index (χ2n) is 4.10. The SMILES string of the molecule is Cc1ccc(-c2nnc(NC(C)C)s2)c(=O)[nH]1. The molecule has 0 fully saturated rings. The molecule has 2 aromatic heterocycles. The van der Waals surface area contributed by atoms with Gasteiger partial charge < -0.3 is 10.3 Å². The lowest BCUT2D eigenvalue weighted by molar-refractivity contribution is 0.888. The number of aryl methyl sites for hydroxylation is 1. The summed E-state index contributed by atoms with van der Waals surface area (Å²) in [5, 5.41) is 12.5. The van der Waals surface area contributed by atoms with Crippen LogP contribution in [0.25, 0.3) is 10.6 Å². The Kier molecular flexibility index (Phi) is 3.23. The van der Waals surface area contributed by atoms with Crippen LogP contribution >= 0.6 is 11.3 Å². The minimum Gasteiger partial charge on any atom is -0.358 e. The second-order valence-corrected chi connectivity index (χ2v) is 5.07. The predicted molar refractivity (Wildman–Crippen MR) is 69.5 cm³/mol. The number of anilines is 1. The molecule has 0 amide bonds. The van der Waals surface area contributed by atoms with Gasteiger partial charge in [-0.05, 0) is 32.9 Å². The highest BCUT2D eigenvalue weighted by Gasteiger charge is 2.10. The smallest absolute Gasteiger partial charge is 0.258 e. The van der Waals surface area contributed by atoms with E-state index in [0.29, 0.717) is 16.6 Å². The summed E-state index contributed by atoms with van der Waals surface area (Å²) in [5.74, 6) is 0. The Morgan fingerprint density at radius 1 is 1.35 bits per heavy atom. The highest BCUT2D eigenvalue weighted by Crippen LogP contribution is 2.23. The normalized spacial score (nSPS) is 10.8. The molecule has 2 rings (SSSR count). The van der Waals surface area contributed by atoms with Crippen LogP contribution in [0.3, 0.4) is 0 Å². The standard InChI is InChI=1S/C11H14N4OS/c1-6(2)12-11-15-14-10(17-11)8-5-4-7(3)13-9(8)16/h4-6H,1-3H3,(H,12,15)(H,13,16). The Bertz CT molecular complexity index is 573. The maximum Gasteiger partial charge on any atom is 0.258 e. The first-order valence-corrected chi connectivity index (χ1v) is 6.18. The van der Waals surface area contributed by atoms with Crippen molar-refractivity contribution in [3.8, 4) is 10.6 Å². The fourth-order valence-corrected chi connectivity index (χ4v) is 2.29. The van der Waals surface area contributed by atoms with Crippen molar-refractivity contribution >= 4 is 16.5 Å². The number of aromatic amines is 1. The molecule has 0 aromatic carbocycles. The zero-order valence-corrected chi connectivity index (χ0v) is 10.8. The Morgan fingerprint density at radius 2 is 2.12 bits per heavy atom. The zero-order valence-electron chi connectivity index (χ0n) is 9.94. The molecule has 0 unspecified atom stereocenters. The first-order valence-electron chi connectivity index (χ1n) is 5.36. The van der Waals surface area contributed by atoms with Crippen LogP contribution in [-0.2, 0) is 0 Å². The summed E-state index contributed by atoms with van der Waals surface area (Å²) in [6, 6.07) is 3.92. The van der Waals surface area contributed by atoms with Crippen LogP contribution < -0.4 is 10.9 Å². The number of pyridine rings is 1. The molecule has 0 bridgehead atoms. The fraction of sp³-hybridized carbons (Fsp3) is 0.364. The van der Waals surface area contributed by atoms with Gasteiger partial charge in [0.2, 0.25) is 5.13 Å². The average Bonchev–Trinajstić information content (AvgIpc) is 2.65. The third-order valence-electron chi connectivity index (χ3n) is 2.12. The van der Waals surface area contributed by atoms with Gasteiger partial charge in [-0.15, -0.1) is 10.2 Å². The molecule has 0 aliphatic rings. The first kappa shape index (κ1) is 11.8. The zero-order chi connectivity index (χ0) is 12.4. The number of hydrogen-bond acceptors (Lipinski definition) is 5. The van der Waals surface area contributed by atoms with Crippen molar-refractivity contribution in [2.24, 2.45) is 0 Å². The van der Waals surface area contributed by atoms with Gasteiger partial charge in [-0.25, -0.2) is 0 Å².